The number of benzene rings is 2. The Labute approximate surface area is 170 Å². The minimum atomic E-state index is -0.819. The van der Waals surface area contributed by atoms with Crippen LogP contribution in [-0.4, -0.2) is 0 Å². The van der Waals surface area contributed by atoms with E-state index in [1.807, 2.05) is 49.4 Å². The fraction of sp³-hybridized carbons (Fsp3) is 0.130. The molecule has 1 aliphatic heterocycles. The SMILES string of the molecule is CC1(c2ccc(Cl)cc2)Cc2c(c3c(=O)oc(-c4ccccc4)cc3oc2=O)O1. The summed E-state index contributed by atoms with van der Waals surface area (Å²) in [5.74, 6) is 0.548. The summed E-state index contributed by atoms with van der Waals surface area (Å²) in [5, 5.41) is 0.740. The van der Waals surface area contributed by atoms with E-state index >= 15 is 0 Å². The van der Waals surface area contributed by atoms with E-state index in [1.54, 1.807) is 18.2 Å². The molecule has 0 saturated carbocycles. The van der Waals surface area contributed by atoms with Crippen molar-refractivity contribution in [2.45, 2.75) is 18.9 Å². The minimum Gasteiger partial charge on any atom is -0.481 e. The van der Waals surface area contributed by atoms with Gasteiger partial charge in [-0.2, -0.15) is 0 Å². The molecule has 2 aromatic carbocycles. The highest BCUT2D eigenvalue weighted by Gasteiger charge is 2.41. The molecule has 5 nitrogen and oxygen atoms in total. The maximum absolute atomic E-state index is 12.8. The topological polar surface area (TPSA) is 69.7 Å². The Kier molecular flexibility index (Phi) is 3.89. The number of rotatable bonds is 2. The second-order valence-electron chi connectivity index (χ2n) is 7.22. The van der Waals surface area contributed by atoms with Crippen LogP contribution >= 0.6 is 11.6 Å². The van der Waals surface area contributed by atoms with Crippen LogP contribution in [0.15, 0.2) is 79.1 Å². The average Bonchev–Trinajstić information content (AvgIpc) is 3.08. The maximum atomic E-state index is 12.8. The molecule has 6 heteroatoms. The molecule has 0 fully saturated rings. The van der Waals surface area contributed by atoms with Crippen LogP contribution in [0.3, 0.4) is 0 Å². The van der Waals surface area contributed by atoms with Gasteiger partial charge in [-0.05, 0) is 24.6 Å². The fourth-order valence-corrected chi connectivity index (χ4v) is 3.86. The van der Waals surface area contributed by atoms with Gasteiger partial charge in [0.15, 0.2) is 5.58 Å². The van der Waals surface area contributed by atoms with E-state index in [9.17, 15) is 9.59 Å². The van der Waals surface area contributed by atoms with Gasteiger partial charge in [-0.3, -0.25) is 0 Å². The zero-order chi connectivity index (χ0) is 20.2. The van der Waals surface area contributed by atoms with Crippen molar-refractivity contribution in [3.05, 3.63) is 97.7 Å². The van der Waals surface area contributed by atoms with Gasteiger partial charge in [0, 0.05) is 23.1 Å². The third kappa shape index (κ3) is 2.86. The van der Waals surface area contributed by atoms with E-state index in [0.717, 1.165) is 5.56 Å². The number of ether oxygens (including phenoxy) is 1. The molecule has 0 radical (unpaired) electrons. The average molecular weight is 407 g/mol. The molecule has 3 heterocycles. The van der Waals surface area contributed by atoms with Gasteiger partial charge >= 0.3 is 11.3 Å². The standard InChI is InChI=1S/C23H15ClO5/c1-23(14-7-9-15(24)10-8-14)12-16-20(29-23)19-18(28-21(16)25)11-17(27-22(19)26)13-5-3-2-4-6-13/h2-11H,12H2,1H3. The van der Waals surface area contributed by atoms with Crippen LogP contribution in [0.5, 0.6) is 5.75 Å². The Balaban J connectivity index is 1.69. The monoisotopic (exact) mass is 406 g/mol. The van der Waals surface area contributed by atoms with E-state index in [4.69, 9.17) is 25.2 Å². The van der Waals surface area contributed by atoms with Gasteiger partial charge in [-0.25, -0.2) is 9.59 Å². The van der Waals surface area contributed by atoms with Crippen molar-refractivity contribution in [3.8, 4) is 17.1 Å². The second kappa shape index (κ2) is 6.36. The highest BCUT2D eigenvalue weighted by molar-refractivity contribution is 6.30. The van der Waals surface area contributed by atoms with Crippen LogP contribution in [0.2, 0.25) is 5.02 Å². The first-order valence-electron chi connectivity index (χ1n) is 9.09. The zero-order valence-corrected chi connectivity index (χ0v) is 16.2. The second-order valence-corrected chi connectivity index (χ2v) is 7.65. The van der Waals surface area contributed by atoms with E-state index in [2.05, 4.69) is 0 Å². The molecule has 0 bridgehead atoms. The van der Waals surface area contributed by atoms with E-state index < -0.39 is 16.9 Å². The lowest BCUT2D eigenvalue weighted by Crippen LogP contribution is -2.27. The summed E-state index contributed by atoms with van der Waals surface area (Å²) in [6.07, 6.45) is 0.280. The largest absolute Gasteiger partial charge is 0.481 e. The van der Waals surface area contributed by atoms with Crippen molar-refractivity contribution in [2.24, 2.45) is 0 Å². The summed E-state index contributed by atoms with van der Waals surface area (Å²) in [4.78, 5) is 25.5. The Morgan fingerprint density at radius 1 is 0.931 bits per heavy atom. The molecule has 1 unspecified atom stereocenters. The Morgan fingerprint density at radius 2 is 1.66 bits per heavy atom. The lowest BCUT2D eigenvalue weighted by molar-refractivity contribution is 0.117. The molecule has 1 aliphatic rings. The molecule has 5 rings (SSSR count). The summed E-state index contributed by atoms with van der Waals surface area (Å²) in [6.45, 7) is 1.86. The summed E-state index contributed by atoms with van der Waals surface area (Å²) >= 11 is 5.98. The highest BCUT2D eigenvalue weighted by atomic mass is 35.5. The molecule has 4 aromatic rings. The van der Waals surface area contributed by atoms with Crippen molar-refractivity contribution in [2.75, 3.05) is 0 Å². The maximum Gasteiger partial charge on any atom is 0.351 e. The van der Waals surface area contributed by atoms with Gasteiger partial charge in [0.2, 0.25) is 0 Å². The first-order chi connectivity index (χ1) is 13.9. The Bertz CT molecular complexity index is 1350. The third-order valence-electron chi connectivity index (χ3n) is 5.22. The van der Waals surface area contributed by atoms with Crippen LogP contribution in [0.4, 0.5) is 0 Å². The highest BCUT2D eigenvalue weighted by Crippen LogP contribution is 2.43. The fourth-order valence-electron chi connectivity index (χ4n) is 3.73. The summed E-state index contributed by atoms with van der Waals surface area (Å²) in [6, 6.07) is 17.9. The lowest BCUT2D eigenvalue weighted by Gasteiger charge is -2.24. The number of hydrogen-bond acceptors (Lipinski definition) is 5. The molecule has 0 saturated heterocycles. The van der Waals surface area contributed by atoms with E-state index in [0.29, 0.717) is 21.9 Å². The molecular weight excluding hydrogens is 392 g/mol. The van der Waals surface area contributed by atoms with Crippen molar-refractivity contribution in [3.63, 3.8) is 0 Å². The Hall–Kier alpha value is -3.31. The van der Waals surface area contributed by atoms with Crippen molar-refractivity contribution >= 4 is 22.6 Å². The van der Waals surface area contributed by atoms with E-state index in [-0.39, 0.29) is 23.1 Å². The van der Waals surface area contributed by atoms with Gasteiger partial charge in [-0.15, -0.1) is 0 Å². The van der Waals surface area contributed by atoms with Crippen LogP contribution in [0.25, 0.3) is 22.3 Å². The molecule has 0 aliphatic carbocycles. The predicted octanol–water partition coefficient (Wildman–Crippen LogP) is 4.92. The van der Waals surface area contributed by atoms with Crippen LogP contribution < -0.4 is 16.0 Å². The summed E-state index contributed by atoms with van der Waals surface area (Å²) in [7, 11) is 0. The summed E-state index contributed by atoms with van der Waals surface area (Å²) in [5.41, 5.74) is 0.0772. The Morgan fingerprint density at radius 3 is 2.38 bits per heavy atom. The van der Waals surface area contributed by atoms with Crippen molar-refractivity contribution in [1.82, 2.24) is 0 Å². The van der Waals surface area contributed by atoms with Gasteiger partial charge in [0.25, 0.3) is 0 Å². The quantitative estimate of drug-likeness (QED) is 0.472. The normalized spacial score (nSPS) is 17.9. The van der Waals surface area contributed by atoms with Gasteiger partial charge in [-0.1, -0.05) is 54.1 Å². The summed E-state index contributed by atoms with van der Waals surface area (Å²) < 4.78 is 17.2. The van der Waals surface area contributed by atoms with Crippen LogP contribution in [-0.2, 0) is 12.0 Å². The molecule has 2 aromatic heterocycles. The number of halogens is 1. The van der Waals surface area contributed by atoms with Crippen molar-refractivity contribution in [1.29, 1.82) is 0 Å². The molecule has 0 amide bonds. The zero-order valence-electron chi connectivity index (χ0n) is 15.4. The van der Waals surface area contributed by atoms with E-state index in [1.165, 1.54) is 0 Å². The molecule has 144 valence electrons. The molecule has 29 heavy (non-hydrogen) atoms. The van der Waals surface area contributed by atoms with Crippen LogP contribution in [0, 0.1) is 0 Å². The minimum absolute atomic E-state index is 0.136. The molecular formula is C23H15ClO5. The molecule has 0 N–H and O–H groups in total. The third-order valence-corrected chi connectivity index (χ3v) is 5.47. The predicted molar refractivity (Wildman–Crippen MR) is 110 cm³/mol. The lowest BCUT2D eigenvalue weighted by atomic mass is 9.91. The number of fused-ring (bicyclic) bond motifs is 3. The molecule has 0 spiro atoms. The van der Waals surface area contributed by atoms with Crippen molar-refractivity contribution < 1.29 is 13.6 Å². The number of hydrogen-bond donors (Lipinski definition) is 0. The first-order valence-corrected chi connectivity index (χ1v) is 9.47. The molecule has 1 atom stereocenters. The van der Waals surface area contributed by atoms with Gasteiger partial charge in [0.1, 0.15) is 22.5 Å². The van der Waals surface area contributed by atoms with Gasteiger partial charge in [0.05, 0.1) is 5.56 Å². The van der Waals surface area contributed by atoms with Crippen LogP contribution in [0.1, 0.15) is 18.1 Å². The first kappa shape index (κ1) is 17.8. The van der Waals surface area contributed by atoms with Gasteiger partial charge < -0.3 is 13.6 Å². The smallest absolute Gasteiger partial charge is 0.351 e.